The molecule has 2 heteroatoms. The van der Waals surface area contributed by atoms with Gasteiger partial charge in [-0.05, 0) is 88.9 Å². The average Bonchev–Trinajstić information content (AvgIpc) is 3.61. The van der Waals surface area contributed by atoms with Crippen molar-refractivity contribution in [2.24, 2.45) is 0 Å². The zero-order chi connectivity index (χ0) is 32.5. The van der Waals surface area contributed by atoms with E-state index in [4.69, 9.17) is 0 Å². The fraction of sp³-hybridized carbons (Fsp3) is 0.261. The standard InChI is InChI=1S/C46H46N2/c1-3-5-31-47-40(38-23-11-19-34-21-13-25-42(47)45(34)38)29-27-36-17-10-18-37(44(36)33-15-8-7-9-16-33)28-30-41-39-24-12-20-35-22-14-26-43(46(35)39)48(41)32-6-4-2/h7-9,11-16,19-30,40H,3-6,10,17-18,31-32H2,1-2H3/b29-27+,37-28+,41-30+. The van der Waals surface area contributed by atoms with Crippen molar-refractivity contribution >= 4 is 49.8 Å². The fourth-order valence-electron chi connectivity index (χ4n) is 8.34. The number of anilines is 1. The number of hydrogen-bond acceptors (Lipinski definition) is 1. The maximum atomic E-state index is 2.65. The highest BCUT2D eigenvalue weighted by molar-refractivity contribution is 6.10. The molecule has 1 aliphatic carbocycles. The van der Waals surface area contributed by atoms with Crippen LogP contribution in [0.25, 0.3) is 44.1 Å². The van der Waals surface area contributed by atoms with Crippen LogP contribution in [0, 0.1) is 0 Å². The minimum absolute atomic E-state index is 0.253. The number of nitrogens with zero attached hydrogens (tertiary/aromatic N) is 2. The van der Waals surface area contributed by atoms with E-state index in [0.717, 1.165) is 25.9 Å². The summed E-state index contributed by atoms with van der Waals surface area (Å²) < 4.78 is 2.57. The van der Waals surface area contributed by atoms with Gasteiger partial charge in [-0.15, -0.1) is 0 Å². The predicted molar refractivity (Wildman–Crippen MR) is 207 cm³/mol. The van der Waals surface area contributed by atoms with Gasteiger partial charge < -0.3 is 9.47 Å². The molecule has 0 spiro atoms. The first kappa shape index (κ1) is 30.5. The van der Waals surface area contributed by atoms with Crippen molar-refractivity contribution in [2.45, 2.75) is 71.4 Å². The lowest BCUT2D eigenvalue weighted by Gasteiger charge is -2.27. The lowest BCUT2D eigenvalue weighted by Crippen LogP contribution is -2.24. The second-order valence-corrected chi connectivity index (χ2v) is 13.6. The normalized spacial score (nSPS) is 17.8. The van der Waals surface area contributed by atoms with E-state index in [9.17, 15) is 0 Å². The van der Waals surface area contributed by atoms with Gasteiger partial charge in [0.25, 0.3) is 0 Å². The second kappa shape index (κ2) is 13.4. The predicted octanol–water partition coefficient (Wildman–Crippen LogP) is 11.7. The number of rotatable bonds is 10. The molecule has 6 aromatic rings. The quantitative estimate of drug-likeness (QED) is 0.147. The molecule has 0 amide bonds. The summed E-state index contributed by atoms with van der Waals surface area (Å²) in [5.74, 6) is 0. The van der Waals surface area contributed by atoms with Crippen LogP contribution in [0.15, 0.2) is 133 Å². The molecule has 0 bridgehead atoms. The first-order valence-electron chi connectivity index (χ1n) is 18.2. The Balaban J connectivity index is 1.26. The van der Waals surface area contributed by atoms with E-state index in [1.807, 2.05) is 0 Å². The summed E-state index contributed by atoms with van der Waals surface area (Å²) in [5.41, 5.74) is 9.81. The Morgan fingerprint density at radius 3 is 2.23 bits per heavy atom. The van der Waals surface area contributed by atoms with Crippen molar-refractivity contribution in [3.05, 3.63) is 149 Å². The van der Waals surface area contributed by atoms with Gasteiger partial charge in [-0.3, -0.25) is 0 Å². The largest absolute Gasteiger partial charge is 0.360 e. The second-order valence-electron chi connectivity index (χ2n) is 13.6. The molecule has 1 aromatic heterocycles. The van der Waals surface area contributed by atoms with Crippen LogP contribution in [0.1, 0.15) is 76.0 Å². The van der Waals surface area contributed by atoms with E-state index in [2.05, 4.69) is 151 Å². The van der Waals surface area contributed by atoms with Crippen LogP contribution in [0.4, 0.5) is 5.69 Å². The lowest BCUT2D eigenvalue weighted by atomic mass is 9.82. The van der Waals surface area contributed by atoms with Crippen molar-refractivity contribution in [2.75, 3.05) is 11.4 Å². The lowest BCUT2D eigenvalue weighted by molar-refractivity contribution is 0.640. The van der Waals surface area contributed by atoms with E-state index in [0.29, 0.717) is 0 Å². The summed E-state index contributed by atoms with van der Waals surface area (Å²) in [6.07, 6.45) is 18.0. The molecule has 5 aromatic carbocycles. The van der Waals surface area contributed by atoms with Crippen molar-refractivity contribution in [1.29, 1.82) is 0 Å². The summed E-state index contributed by atoms with van der Waals surface area (Å²) in [6.45, 7) is 6.70. The Hall–Kier alpha value is -4.82. The smallest absolute Gasteiger partial charge is 0.0736 e. The molecule has 0 radical (unpaired) electrons. The maximum Gasteiger partial charge on any atom is 0.0736 e. The van der Waals surface area contributed by atoms with Gasteiger partial charge in [0, 0.05) is 45.8 Å². The Labute approximate surface area is 285 Å². The van der Waals surface area contributed by atoms with Crippen molar-refractivity contribution in [3.63, 3.8) is 0 Å². The summed E-state index contributed by atoms with van der Waals surface area (Å²) >= 11 is 0. The van der Waals surface area contributed by atoms with Gasteiger partial charge in [-0.1, -0.05) is 136 Å². The third kappa shape index (κ3) is 5.38. The van der Waals surface area contributed by atoms with Gasteiger partial charge in [0.15, 0.2) is 0 Å². The van der Waals surface area contributed by atoms with Crippen LogP contribution in [0.3, 0.4) is 0 Å². The summed E-state index contributed by atoms with van der Waals surface area (Å²) in [4.78, 5) is 2.65. The molecular weight excluding hydrogens is 581 g/mol. The van der Waals surface area contributed by atoms with Crippen molar-refractivity contribution in [3.8, 4) is 0 Å². The number of aromatic nitrogens is 1. The molecule has 0 saturated heterocycles. The topological polar surface area (TPSA) is 8.17 Å². The van der Waals surface area contributed by atoms with E-state index >= 15 is 0 Å². The molecule has 1 unspecified atom stereocenters. The van der Waals surface area contributed by atoms with Gasteiger partial charge in [0.05, 0.1) is 6.04 Å². The van der Waals surface area contributed by atoms with Crippen LogP contribution in [-0.2, 0) is 6.54 Å². The molecule has 1 atom stereocenters. The molecular formula is C46H46N2. The van der Waals surface area contributed by atoms with Gasteiger partial charge in [0.2, 0.25) is 0 Å². The van der Waals surface area contributed by atoms with Crippen molar-refractivity contribution in [1.82, 2.24) is 4.57 Å². The molecule has 0 fully saturated rings. The molecule has 240 valence electrons. The van der Waals surface area contributed by atoms with Crippen LogP contribution < -0.4 is 10.2 Å². The van der Waals surface area contributed by atoms with Crippen LogP contribution in [0.2, 0.25) is 0 Å². The first-order valence-corrected chi connectivity index (χ1v) is 18.2. The molecule has 2 aliphatic rings. The average molecular weight is 627 g/mol. The summed E-state index contributed by atoms with van der Waals surface area (Å²) in [6, 6.07) is 38.6. The van der Waals surface area contributed by atoms with Gasteiger partial charge in [0.1, 0.15) is 0 Å². The molecule has 1 aliphatic heterocycles. The highest BCUT2D eigenvalue weighted by atomic mass is 15.2. The third-order valence-corrected chi connectivity index (χ3v) is 10.6. The van der Waals surface area contributed by atoms with E-state index in [1.165, 1.54) is 103 Å². The number of unbranched alkanes of at least 4 members (excludes halogenated alkanes) is 2. The summed E-state index contributed by atoms with van der Waals surface area (Å²) in [7, 11) is 0. The summed E-state index contributed by atoms with van der Waals surface area (Å²) in [5, 5.41) is 8.20. The van der Waals surface area contributed by atoms with E-state index in [1.54, 1.807) is 0 Å². The monoisotopic (exact) mass is 626 g/mol. The Bertz CT molecular complexity index is 2230. The maximum absolute atomic E-state index is 2.65. The molecule has 48 heavy (non-hydrogen) atoms. The number of hydrogen-bond donors (Lipinski definition) is 0. The minimum Gasteiger partial charge on any atom is -0.360 e. The van der Waals surface area contributed by atoms with Gasteiger partial charge in [-0.25, -0.2) is 0 Å². The molecule has 0 saturated carbocycles. The molecule has 2 heterocycles. The highest BCUT2D eigenvalue weighted by Gasteiger charge is 2.29. The third-order valence-electron chi connectivity index (χ3n) is 10.6. The van der Waals surface area contributed by atoms with Crippen LogP contribution >= 0.6 is 0 Å². The minimum atomic E-state index is 0.253. The molecule has 8 rings (SSSR count). The number of aryl methyl sites for hydroxylation is 1. The zero-order valence-corrected chi connectivity index (χ0v) is 28.5. The Morgan fingerprint density at radius 1 is 0.688 bits per heavy atom. The van der Waals surface area contributed by atoms with E-state index < -0.39 is 0 Å². The number of benzene rings is 5. The van der Waals surface area contributed by atoms with E-state index in [-0.39, 0.29) is 6.04 Å². The SMILES string of the molecule is CCCCN1c2cccc3cccc(c23)C1/C=C/C1=C(c2ccccc2)C(=C/C=c2\c3cccc4cccc(c43)n2CCCC)/CCC1. The Morgan fingerprint density at radius 2 is 1.42 bits per heavy atom. The molecule has 2 nitrogen and oxygen atoms in total. The van der Waals surface area contributed by atoms with Gasteiger partial charge >= 0.3 is 0 Å². The zero-order valence-electron chi connectivity index (χ0n) is 28.5. The number of allylic oxidation sites excluding steroid dienone is 5. The molecule has 0 N–H and O–H groups in total. The Kier molecular flexibility index (Phi) is 8.49. The van der Waals surface area contributed by atoms with Crippen molar-refractivity contribution < 1.29 is 0 Å². The van der Waals surface area contributed by atoms with Crippen LogP contribution in [0.5, 0.6) is 0 Å². The van der Waals surface area contributed by atoms with Gasteiger partial charge in [-0.2, -0.15) is 0 Å². The van der Waals surface area contributed by atoms with Crippen LogP contribution in [-0.4, -0.2) is 11.1 Å². The fourth-order valence-corrected chi connectivity index (χ4v) is 8.34. The highest BCUT2D eigenvalue weighted by Crippen LogP contribution is 2.46. The first-order chi connectivity index (χ1) is 23.8.